The van der Waals surface area contributed by atoms with Crippen LogP contribution in [0.15, 0.2) is 48.5 Å². The average Bonchev–Trinajstić information content (AvgIpc) is 2.59. The summed E-state index contributed by atoms with van der Waals surface area (Å²) in [5, 5.41) is 13.5. The Morgan fingerprint density at radius 2 is 1.69 bits per heavy atom. The summed E-state index contributed by atoms with van der Waals surface area (Å²) in [7, 11) is 0. The van der Waals surface area contributed by atoms with Crippen LogP contribution in [-0.2, 0) is 10.2 Å². The van der Waals surface area contributed by atoms with Gasteiger partial charge in [0.1, 0.15) is 5.75 Å². The van der Waals surface area contributed by atoms with Crippen molar-refractivity contribution in [3.05, 3.63) is 69.8 Å². The maximum absolute atomic E-state index is 12.1. The number of carbonyl (C=O) groups is 1. The molecular weight excluding hydrogens is 332 g/mol. The summed E-state index contributed by atoms with van der Waals surface area (Å²) >= 11 is 0. The fourth-order valence-electron chi connectivity index (χ4n) is 2.45. The molecule has 0 spiro atoms. The Morgan fingerprint density at radius 1 is 1.12 bits per heavy atom. The summed E-state index contributed by atoms with van der Waals surface area (Å²) in [6.07, 6.45) is 0. The first-order chi connectivity index (χ1) is 12.2. The van der Waals surface area contributed by atoms with Crippen LogP contribution < -0.4 is 10.1 Å². The molecule has 1 unspecified atom stereocenters. The second-order valence-corrected chi connectivity index (χ2v) is 7.20. The third-order valence-electron chi connectivity index (χ3n) is 4.07. The summed E-state index contributed by atoms with van der Waals surface area (Å²) in [5.41, 5.74) is 2.07. The molecule has 26 heavy (non-hydrogen) atoms. The van der Waals surface area contributed by atoms with Crippen LogP contribution >= 0.6 is 0 Å². The highest BCUT2D eigenvalue weighted by atomic mass is 16.6. The van der Waals surface area contributed by atoms with Crippen molar-refractivity contribution in [3.8, 4) is 5.75 Å². The van der Waals surface area contributed by atoms with Gasteiger partial charge in [0.05, 0.1) is 11.0 Å². The zero-order valence-electron chi connectivity index (χ0n) is 15.5. The molecule has 0 bridgehead atoms. The number of hydrogen-bond donors (Lipinski definition) is 1. The number of amides is 1. The Bertz CT molecular complexity index is 762. The van der Waals surface area contributed by atoms with E-state index in [4.69, 9.17) is 4.74 Å². The average molecular weight is 356 g/mol. The summed E-state index contributed by atoms with van der Waals surface area (Å²) in [5.74, 6) is 0.381. The molecule has 1 amide bonds. The summed E-state index contributed by atoms with van der Waals surface area (Å²) in [4.78, 5) is 22.3. The predicted molar refractivity (Wildman–Crippen MR) is 100 cm³/mol. The quantitative estimate of drug-likeness (QED) is 0.623. The lowest BCUT2D eigenvalue weighted by Crippen LogP contribution is -2.31. The van der Waals surface area contributed by atoms with Gasteiger partial charge in [-0.15, -0.1) is 0 Å². The molecule has 0 radical (unpaired) electrons. The van der Waals surface area contributed by atoms with Crippen LogP contribution in [0.25, 0.3) is 0 Å². The van der Waals surface area contributed by atoms with Crippen molar-refractivity contribution in [2.75, 3.05) is 6.61 Å². The van der Waals surface area contributed by atoms with Crippen LogP contribution in [-0.4, -0.2) is 17.4 Å². The van der Waals surface area contributed by atoms with Gasteiger partial charge in [0.15, 0.2) is 6.61 Å². The maximum atomic E-state index is 12.1. The lowest BCUT2D eigenvalue weighted by atomic mass is 9.87. The molecule has 1 N–H and O–H groups in total. The number of carbonyl (C=O) groups excluding carboxylic acids is 1. The lowest BCUT2D eigenvalue weighted by Gasteiger charge is -2.19. The van der Waals surface area contributed by atoms with E-state index in [1.807, 2.05) is 31.2 Å². The van der Waals surface area contributed by atoms with Crippen molar-refractivity contribution in [3.63, 3.8) is 0 Å². The predicted octanol–water partition coefficient (Wildman–Crippen LogP) is 4.15. The molecule has 0 aliphatic heterocycles. The number of nitro benzene ring substituents is 1. The van der Waals surface area contributed by atoms with Gasteiger partial charge in [0.2, 0.25) is 0 Å². The Morgan fingerprint density at radius 3 is 2.19 bits per heavy atom. The van der Waals surface area contributed by atoms with Crippen molar-refractivity contribution in [1.82, 2.24) is 5.32 Å². The molecule has 0 aliphatic carbocycles. The second-order valence-electron chi connectivity index (χ2n) is 7.20. The topological polar surface area (TPSA) is 81.5 Å². The van der Waals surface area contributed by atoms with E-state index in [2.05, 4.69) is 26.1 Å². The minimum absolute atomic E-state index is 0.0225. The van der Waals surface area contributed by atoms with Crippen molar-refractivity contribution in [2.45, 2.75) is 39.2 Å². The second kappa shape index (κ2) is 7.99. The molecule has 0 saturated carbocycles. The zero-order valence-corrected chi connectivity index (χ0v) is 15.5. The molecule has 1 atom stereocenters. The first kappa shape index (κ1) is 19.4. The molecule has 0 heterocycles. The molecule has 6 nitrogen and oxygen atoms in total. The van der Waals surface area contributed by atoms with Crippen LogP contribution in [0.4, 0.5) is 5.69 Å². The summed E-state index contributed by atoms with van der Waals surface area (Å²) in [6.45, 7) is 8.13. The fraction of sp³-hybridized carbons (Fsp3) is 0.350. The van der Waals surface area contributed by atoms with Crippen LogP contribution in [0.5, 0.6) is 5.75 Å². The van der Waals surface area contributed by atoms with Gasteiger partial charge < -0.3 is 10.1 Å². The molecule has 0 aliphatic rings. The SMILES string of the molecule is CC(NC(=O)COc1ccc(C(C)(C)C)cc1)c1ccc([N+](=O)[O-])cc1. The third-order valence-corrected chi connectivity index (χ3v) is 4.07. The molecule has 2 aromatic carbocycles. The van der Waals surface area contributed by atoms with Crippen molar-refractivity contribution in [1.29, 1.82) is 0 Å². The normalized spacial score (nSPS) is 12.3. The number of non-ortho nitro benzene ring substituents is 1. The van der Waals surface area contributed by atoms with Gasteiger partial charge in [0.25, 0.3) is 11.6 Å². The largest absolute Gasteiger partial charge is 0.484 e. The Hall–Kier alpha value is -2.89. The zero-order chi connectivity index (χ0) is 19.3. The molecule has 0 aromatic heterocycles. The van der Waals surface area contributed by atoms with E-state index in [9.17, 15) is 14.9 Å². The lowest BCUT2D eigenvalue weighted by molar-refractivity contribution is -0.384. The molecular formula is C20H24N2O4. The molecule has 0 fully saturated rings. The molecule has 0 saturated heterocycles. The molecule has 6 heteroatoms. The number of nitrogens with zero attached hydrogens (tertiary/aromatic N) is 1. The van der Waals surface area contributed by atoms with E-state index >= 15 is 0 Å². The van der Waals surface area contributed by atoms with E-state index in [1.54, 1.807) is 12.1 Å². The molecule has 2 rings (SSSR count). The number of nitro groups is 1. The molecule has 2 aromatic rings. The number of nitrogens with one attached hydrogen (secondary N) is 1. The van der Waals surface area contributed by atoms with Gasteiger partial charge in [-0.1, -0.05) is 45.0 Å². The van der Waals surface area contributed by atoms with Gasteiger partial charge >= 0.3 is 0 Å². The highest BCUT2D eigenvalue weighted by Gasteiger charge is 2.14. The molecule has 138 valence electrons. The van der Waals surface area contributed by atoms with Crippen molar-refractivity contribution >= 4 is 11.6 Å². The minimum Gasteiger partial charge on any atom is -0.484 e. The summed E-state index contributed by atoms with van der Waals surface area (Å²) < 4.78 is 5.52. The Kier molecular flexibility index (Phi) is 5.97. The highest BCUT2D eigenvalue weighted by Crippen LogP contribution is 2.24. The van der Waals surface area contributed by atoms with Crippen molar-refractivity contribution in [2.24, 2.45) is 0 Å². The minimum atomic E-state index is -0.453. The number of ether oxygens (including phenoxy) is 1. The van der Waals surface area contributed by atoms with E-state index in [1.165, 1.54) is 17.7 Å². The van der Waals surface area contributed by atoms with Crippen LogP contribution in [0.3, 0.4) is 0 Å². The number of rotatable bonds is 6. The van der Waals surface area contributed by atoms with Crippen LogP contribution in [0.2, 0.25) is 0 Å². The monoisotopic (exact) mass is 356 g/mol. The first-order valence-electron chi connectivity index (χ1n) is 8.44. The number of benzene rings is 2. The van der Waals surface area contributed by atoms with E-state index in [-0.39, 0.29) is 29.7 Å². The smallest absolute Gasteiger partial charge is 0.269 e. The van der Waals surface area contributed by atoms with E-state index in [0.717, 1.165) is 5.56 Å². The van der Waals surface area contributed by atoms with E-state index < -0.39 is 4.92 Å². The van der Waals surface area contributed by atoms with Gasteiger partial charge in [0, 0.05) is 12.1 Å². The van der Waals surface area contributed by atoms with Crippen LogP contribution in [0, 0.1) is 10.1 Å². The van der Waals surface area contributed by atoms with Gasteiger partial charge in [-0.25, -0.2) is 0 Å². The Balaban J connectivity index is 1.87. The summed E-state index contributed by atoms with van der Waals surface area (Å²) in [6, 6.07) is 13.5. The van der Waals surface area contributed by atoms with Crippen molar-refractivity contribution < 1.29 is 14.5 Å². The standard InChI is InChI=1S/C20H24N2O4/c1-14(15-5-9-17(10-6-15)22(24)25)21-19(23)13-26-18-11-7-16(8-12-18)20(2,3)4/h5-12,14H,13H2,1-4H3,(H,21,23). The third kappa shape index (κ3) is 5.31. The van der Waals surface area contributed by atoms with Gasteiger partial charge in [-0.05, 0) is 35.6 Å². The Labute approximate surface area is 153 Å². The fourth-order valence-corrected chi connectivity index (χ4v) is 2.45. The van der Waals surface area contributed by atoms with E-state index in [0.29, 0.717) is 5.75 Å². The van der Waals surface area contributed by atoms with Gasteiger partial charge in [-0.3, -0.25) is 14.9 Å². The number of hydrogen-bond acceptors (Lipinski definition) is 4. The highest BCUT2D eigenvalue weighted by molar-refractivity contribution is 5.78. The maximum Gasteiger partial charge on any atom is 0.269 e. The van der Waals surface area contributed by atoms with Gasteiger partial charge in [-0.2, -0.15) is 0 Å². The van der Waals surface area contributed by atoms with Crippen LogP contribution in [0.1, 0.15) is 44.9 Å². The first-order valence-corrected chi connectivity index (χ1v) is 8.44.